The van der Waals surface area contributed by atoms with E-state index < -0.39 is 0 Å². The number of hydrogen-bond acceptors (Lipinski definition) is 5. The molecule has 0 radical (unpaired) electrons. The van der Waals surface area contributed by atoms with Crippen LogP contribution in [0.25, 0.3) is 0 Å². The zero-order valence-corrected chi connectivity index (χ0v) is 15.2. The van der Waals surface area contributed by atoms with Gasteiger partial charge in [-0.1, -0.05) is 28.0 Å². The molecule has 0 fully saturated rings. The summed E-state index contributed by atoms with van der Waals surface area (Å²) in [7, 11) is 1.84. The highest BCUT2D eigenvalue weighted by Gasteiger charge is 2.12. The summed E-state index contributed by atoms with van der Waals surface area (Å²) in [5.41, 5.74) is 1.83. The van der Waals surface area contributed by atoms with Crippen molar-refractivity contribution in [2.24, 2.45) is 0 Å². The lowest BCUT2D eigenvalue weighted by Crippen LogP contribution is -2.30. The first-order valence-corrected chi connectivity index (χ1v) is 8.33. The van der Waals surface area contributed by atoms with E-state index in [1.807, 2.05) is 37.1 Å². The van der Waals surface area contributed by atoms with E-state index in [0.717, 1.165) is 28.6 Å². The Morgan fingerprint density at radius 3 is 2.91 bits per heavy atom. The van der Waals surface area contributed by atoms with Gasteiger partial charge in [-0.05, 0) is 44.2 Å². The zero-order valence-electron chi connectivity index (χ0n) is 13.6. The molecule has 6 nitrogen and oxygen atoms in total. The molecule has 1 aromatic carbocycles. The highest BCUT2D eigenvalue weighted by atomic mass is 79.9. The van der Waals surface area contributed by atoms with Crippen LogP contribution in [-0.4, -0.2) is 34.5 Å². The van der Waals surface area contributed by atoms with Crippen LogP contribution in [0.5, 0.6) is 0 Å². The van der Waals surface area contributed by atoms with Crippen LogP contribution in [0, 0.1) is 6.92 Å². The first-order valence-electron chi connectivity index (χ1n) is 7.54. The summed E-state index contributed by atoms with van der Waals surface area (Å²) in [6.45, 7) is 4.72. The van der Waals surface area contributed by atoms with Crippen LogP contribution in [0.1, 0.15) is 30.6 Å². The predicted molar refractivity (Wildman–Crippen MR) is 92.1 cm³/mol. The summed E-state index contributed by atoms with van der Waals surface area (Å²) < 4.78 is 6.17. The lowest BCUT2D eigenvalue weighted by molar-refractivity contribution is -0.117. The van der Waals surface area contributed by atoms with Crippen LogP contribution < -0.4 is 5.32 Å². The third-order valence-corrected chi connectivity index (χ3v) is 3.76. The molecular formula is C16H21BrN4O2. The molecule has 0 spiro atoms. The van der Waals surface area contributed by atoms with Gasteiger partial charge >= 0.3 is 0 Å². The Labute approximate surface area is 144 Å². The van der Waals surface area contributed by atoms with Gasteiger partial charge in [0.25, 0.3) is 0 Å². The molecule has 0 atom stereocenters. The summed E-state index contributed by atoms with van der Waals surface area (Å²) in [5, 5.41) is 6.82. The van der Waals surface area contributed by atoms with Crippen molar-refractivity contribution in [3.63, 3.8) is 0 Å². The van der Waals surface area contributed by atoms with Gasteiger partial charge in [0, 0.05) is 16.6 Å². The van der Waals surface area contributed by atoms with Gasteiger partial charge in [-0.2, -0.15) is 4.98 Å². The second-order valence-corrected chi connectivity index (χ2v) is 6.45. The van der Waals surface area contributed by atoms with E-state index in [1.54, 1.807) is 0 Å². The first-order chi connectivity index (χ1) is 11.0. The van der Waals surface area contributed by atoms with Crippen LogP contribution in [0.15, 0.2) is 27.2 Å². The molecule has 1 amide bonds. The topological polar surface area (TPSA) is 71.3 Å². The summed E-state index contributed by atoms with van der Waals surface area (Å²) in [6.07, 6.45) is 1.78. The normalized spacial score (nSPS) is 11.0. The van der Waals surface area contributed by atoms with Crippen LogP contribution in [0.2, 0.25) is 0 Å². The Bertz CT molecular complexity index is 672. The number of likely N-dealkylation sites (N-methyl/N-ethyl adjacent to an activating group) is 1. The smallest absolute Gasteiger partial charge is 0.240 e. The minimum atomic E-state index is -0.0776. The van der Waals surface area contributed by atoms with Gasteiger partial charge in [0.2, 0.25) is 11.8 Å². The number of carbonyl (C=O) groups is 1. The van der Waals surface area contributed by atoms with E-state index in [2.05, 4.69) is 38.3 Å². The number of halogens is 1. The minimum Gasteiger partial charge on any atom is -0.338 e. The lowest BCUT2D eigenvalue weighted by Gasteiger charge is -2.15. The molecular weight excluding hydrogens is 360 g/mol. The van der Waals surface area contributed by atoms with Crippen molar-refractivity contribution >= 4 is 27.5 Å². The number of amides is 1. The summed E-state index contributed by atoms with van der Waals surface area (Å²) in [5.74, 6) is 1.17. The average Bonchev–Trinajstić information content (AvgIpc) is 2.89. The van der Waals surface area contributed by atoms with Crippen molar-refractivity contribution in [2.45, 2.75) is 33.2 Å². The number of nitrogens with zero attached hydrogens (tertiary/aromatic N) is 3. The molecule has 1 heterocycles. The van der Waals surface area contributed by atoms with Crippen molar-refractivity contribution < 1.29 is 9.32 Å². The fourth-order valence-corrected chi connectivity index (χ4v) is 2.64. The van der Waals surface area contributed by atoms with E-state index in [-0.39, 0.29) is 12.5 Å². The van der Waals surface area contributed by atoms with Crippen molar-refractivity contribution in [1.82, 2.24) is 15.0 Å². The molecule has 1 N–H and O–H groups in total. The molecule has 2 aromatic rings. The Balaban J connectivity index is 1.86. The minimum absolute atomic E-state index is 0.0776. The van der Waals surface area contributed by atoms with Gasteiger partial charge in [0.1, 0.15) is 0 Å². The number of anilines is 1. The van der Waals surface area contributed by atoms with Gasteiger partial charge in [-0.25, -0.2) is 0 Å². The number of aryl methyl sites for hydroxylation is 2. The fourth-order valence-electron chi connectivity index (χ4n) is 2.17. The quantitative estimate of drug-likeness (QED) is 0.798. The molecule has 1 aromatic heterocycles. The highest BCUT2D eigenvalue weighted by Crippen LogP contribution is 2.19. The van der Waals surface area contributed by atoms with E-state index in [1.165, 1.54) is 0 Å². The maximum atomic E-state index is 12.1. The number of rotatable bonds is 7. The average molecular weight is 381 g/mol. The number of hydrogen-bond donors (Lipinski definition) is 1. The Kier molecular flexibility index (Phi) is 6.29. The molecule has 7 heteroatoms. The SMILES string of the molecule is CCCc1noc(CN(C)CC(=O)Nc2ccc(Br)cc2C)n1. The van der Waals surface area contributed by atoms with Crippen molar-refractivity contribution in [3.05, 3.63) is 40.0 Å². The van der Waals surface area contributed by atoms with E-state index in [9.17, 15) is 4.79 Å². The van der Waals surface area contributed by atoms with Crippen LogP contribution in [0.4, 0.5) is 5.69 Å². The van der Waals surface area contributed by atoms with Crippen LogP contribution >= 0.6 is 15.9 Å². The monoisotopic (exact) mass is 380 g/mol. The summed E-state index contributed by atoms with van der Waals surface area (Å²) in [6, 6.07) is 5.75. The van der Waals surface area contributed by atoms with E-state index >= 15 is 0 Å². The maximum Gasteiger partial charge on any atom is 0.240 e. The third-order valence-electron chi connectivity index (χ3n) is 3.26. The molecule has 0 aliphatic rings. The van der Waals surface area contributed by atoms with Gasteiger partial charge < -0.3 is 9.84 Å². The van der Waals surface area contributed by atoms with E-state index in [4.69, 9.17) is 4.52 Å². The molecule has 0 bridgehead atoms. The maximum absolute atomic E-state index is 12.1. The molecule has 0 saturated carbocycles. The number of nitrogens with one attached hydrogen (secondary N) is 1. The number of benzene rings is 1. The molecule has 0 aliphatic heterocycles. The number of carbonyl (C=O) groups excluding carboxylic acids is 1. The van der Waals surface area contributed by atoms with Gasteiger partial charge in [-0.3, -0.25) is 9.69 Å². The van der Waals surface area contributed by atoms with Gasteiger partial charge in [0.15, 0.2) is 5.82 Å². The second-order valence-electron chi connectivity index (χ2n) is 5.53. The lowest BCUT2D eigenvalue weighted by atomic mass is 10.2. The van der Waals surface area contributed by atoms with E-state index in [0.29, 0.717) is 18.3 Å². The molecule has 0 aliphatic carbocycles. The zero-order chi connectivity index (χ0) is 16.8. The molecule has 0 unspecified atom stereocenters. The van der Waals surface area contributed by atoms with Crippen LogP contribution in [0.3, 0.4) is 0 Å². The molecule has 2 rings (SSSR count). The van der Waals surface area contributed by atoms with Crippen LogP contribution in [-0.2, 0) is 17.8 Å². The first kappa shape index (κ1) is 17.6. The van der Waals surface area contributed by atoms with Crippen molar-refractivity contribution in [1.29, 1.82) is 0 Å². The molecule has 23 heavy (non-hydrogen) atoms. The largest absolute Gasteiger partial charge is 0.338 e. The van der Waals surface area contributed by atoms with Gasteiger partial charge in [0.05, 0.1) is 13.1 Å². The Morgan fingerprint density at radius 2 is 2.22 bits per heavy atom. The molecule has 124 valence electrons. The third kappa shape index (κ3) is 5.44. The second kappa shape index (κ2) is 8.21. The Hall–Kier alpha value is -1.73. The number of aromatic nitrogens is 2. The Morgan fingerprint density at radius 1 is 1.43 bits per heavy atom. The van der Waals surface area contributed by atoms with Crippen molar-refractivity contribution in [2.75, 3.05) is 18.9 Å². The fraction of sp³-hybridized carbons (Fsp3) is 0.438. The van der Waals surface area contributed by atoms with Gasteiger partial charge in [-0.15, -0.1) is 0 Å². The van der Waals surface area contributed by atoms with Crippen molar-refractivity contribution in [3.8, 4) is 0 Å². The summed E-state index contributed by atoms with van der Waals surface area (Å²) >= 11 is 3.41. The highest BCUT2D eigenvalue weighted by molar-refractivity contribution is 9.10. The standard InChI is InChI=1S/C16H21BrN4O2/c1-4-5-14-19-16(23-20-14)10-21(3)9-15(22)18-13-7-6-12(17)8-11(13)2/h6-8H,4-5,9-10H2,1-3H3,(H,18,22). The predicted octanol–water partition coefficient (Wildman–Crippen LogP) is 3.16. The summed E-state index contributed by atoms with van der Waals surface area (Å²) in [4.78, 5) is 18.3. The molecule has 0 saturated heterocycles.